The van der Waals surface area contributed by atoms with Crippen molar-refractivity contribution in [2.45, 2.75) is 31.2 Å². The molecule has 12 heteroatoms. The molecule has 214 valence electrons. The van der Waals surface area contributed by atoms with Crippen LogP contribution in [0, 0.1) is 17.7 Å². The summed E-state index contributed by atoms with van der Waals surface area (Å²) in [6, 6.07) is 10.7. The van der Waals surface area contributed by atoms with Crippen molar-refractivity contribution in [3.8, 4) is 28.8 Å². The Hall–Kier alpha value is -2.94. The number of nitrogens with zero attached hydrogens (tertiary/aromatic N) is 3. The molecule has 3 aromatic rings. The molecule has 0 saturated carbocycles. The monoisotopic (exact) mass is 608 g/mol. The Labute approximate surface area is 245 Å². The zero-order valence-corrected chi connectivity index (χ0v) is 25.0. The van der Waals surface area contributed by atoms with Crippen molar-refractivity contribution >= 4 is 39.8 Å². The molecule has 40 heavy (non-hydrogen) atoms. The molecule has 1 aliphatic rings. The molecule has 1 aromatic heterocycles. The van der Waals surface area contributed by atoms with Crippen molar-refractivity contribution in [2.75, 3.05) is 39.1 Å². The molecule has 0 atom stereocenters. The van der Waals surface area contributed by atoms with Crippen LogP contribution in [0.4, 0.5) is 4.39 Å². The number of hydrogen-bond acceptors (Lipinski definition) is 6. The Morgan fingerprint density at radius 1 is 1.15 bits per heavy atom. The number of morpholine rings is 1. The van der Waals surface area contributed by atoms with E-state index in [1.165, 1.54) is 12.1 Å². The number of ether oxygens (including phenoxy) is 1. The van der Waals surface area contributed by atoms with Crippen molar-refractivity contribution in [2.24, 2.45) is 0 Å². The number of carbonyl (C=O) groups excluding carboxylic acids is 1. The summed E-state index contributed by atoms with van der Waals surface area (Å²) in [5.74, 6) is 4.66. The van der Waals surface area contributed by atoms with Gasteiger partial charge in [-0.1, -0.05) is 35.6 Å². The Bertz CT molecular complexity index is 1550. The minimum atomic E-state index is -3.99. The molecule has 2 aromatic carbocycles. The summed E-state index contributed by atoms with van der Waals surface area (Å²) < 4.78 is 48.1. The van der Waals surface area contributed by atoms with Gasteiger partial charge >= 0.3 is 0 Å². The van der Waals surface area contributed by atoms with Crippen LogP contribution in [0.3, 0.4) is 0 Å². The van der Waals surface area contributed by atoms with Gasteiger partial charge in [0.05, 0.1) is 25.5 Å². The maximum Gasteiger partial charge on any atom is 0.273 e. The highest BCUT2D eigenvalue weighted by atomic mass is 35.5. The number of benzene rings is 2. The fourth-order valence-corrected chi connectivity index (χ4v) is 5.27. The first kappa shape index (κ1) is 31.6. The Balaban J connectivity index is 0.00000441. The van der Waals surface area contributed by atoms with E-state index in [1.54, 1.807) is 51.1 Å². The minimum Gasteiger partial charge on any atom is -0.379 e. The first-order chi connectivity index (χ1) is 18.3. The number of hydrogen-bond donors (Lipinski definition) is 1. The standard InChI is InChI=1S/C28H30ClFN4O4S.ClH/c1-28(2,3)31-27(35)24-26(39(4,36)37)25(20-8-10-21(29)11-9-20)34(32-24)23-12-7-19(18-22(23)30)6-5-13-33-14-16-38-17-15-33;/h7-12,18H,13-17H2,1-4H3,(H,31,35);1H. The molecule has 2 heterocycles. The van der Waals surface area contributed by atoms with Crippen molar-refractivity contribution in [3.05, 3.63) is 64.6 Å². The highest BCUT2D eigenvalue weighted by molar-refractivity contribution is 7.91. The normalized spacial score (nSPS) is 14.2. The Morgan fingerprint density at radius 3 is 2.38 bits per heavy atom. The van der Waals surface area contributed by atoms with Gasteiger partial charge in [-0.05, 0) is 51.1 Å². The quantitative estimate of drug-likeness (QED) is 0.432. The molecule has 8 nitrogen and oxygen atoms in total. The predicted octanol–water partition coefficient (Wildman–Crippen LogP) is 4.37. The molecule has 1 fully saturated rings. The van der Waals surface area contributed by atoms with Crippen molar-refractivity contribution in [3.63, 3.8) is 0 Å². The summed E-state index contributed by atoms with van der Waals surface area (Å²) in [7, 11) is -3.99. The van der Waals surface area contributed by atoms with Gasteiger partial charge in [0.1, 0.15) is 16.4 Å². The molecule has 4 rings (SSSR count). The lowest BCUT2D eigenvalue weighted by molar-refractivity contribution is 0.0443. The largest absolute Gasteiger partial charge is 0.379 e. The Kier molecular flexibility index (Phi) is 10.0. The van der Waals surface area contributed by atoms with Gasteiger partial charge in [0.15, 0.2) is 15.5 Å². The highest BCUT2D eigenvalue weighted by Crippen LogP contribution is 2.34. The summed E-state index contributed by atoms with van der Waals surface area (Å²) in [5, 5.41) is 7.52. The third-order valence-corrected chi connectivity index (χ3v) is 7.23. The maximum absolute atomic E-state index is 15.6. The van der Waals surface area contributed by atoms with Crippen LogP contribution in [0.15, 0.2) is 47.4 Å². The number of carbonyl (C=O) groups is 1. The molecule has 0 aliphatic carbocycles. The lowest BCUT2D eigenvalue weighted by Crippen LogP contribution is -2.41. The van der Waals surface area contributed by atoms with E-state index in [0.29, 0.717) is 35.9 Å². The smallest absolute Gasteiger partial charge is 0.273 e. The van der Waals surface area contributed by atoms with Gasteiger partial charge in [-0.3, -0.25) is 9.69 Å². The first-order valence-electron chi connectivity index (χ1n) is 12.3. The molecule has 1 saturated heterocycles. The van der Waals surface area contributed by atoms with Crippen LogP contribution in [0.1, 0.15) is 36.8 Å². The third kappa shape index (κ3) is 7.62. The summed E-state index contributed by atoms with van der Waals surface area (Å²) in [5.41, 5.74) is -0.111. The molecule has 0 unspecified atom stereocenters. The number of amides is 1. The fraction of sp³-hybridized carbons (Fsp3) is 0.357. The second-order valence-electron chi connectivity index (χ2n) is 10.3. The van der Waals surface area contributed by atoms with Crippen molar-refractivity contribution in [1.82, 2.24) is 20.0 Å². The van der Waals surface area contributed by atoms with E-state index in [1.807, 2.05) is 0 Å². The van der Waals surface area contributed by atoms with Gasteiger partial charge in [-0.25, -0.2) is 17.5 Å². The number of sulfone groups is 1. The predicted molar refractivity (Wildman–Crippen MR) is 156 cm³/mol. The van der Waals surface area contributed by atoms with Crippen molar-refractivity contribution < 1.29 is 22.3 Å². The minimum absolute atomic E-state index is 0. The number of nitrogens with one attached hydrogen (secondary N) is 1. The summed E-state index contributed by atoms with van der Waals surface area (Å²) in [4.78, 5) is 15.0. The van der Waals surface area contributed by atoms with E-state index in [-0.39, 0.29) is 34.4 Å². The van der Waals surface area contributed by atoms with Crippen LogP contribution >= 0.6 is 24.0 Å². The molecule has 1 amide bonds. The third-order valence-electron chi connectivity index (χ3n) is 5.85. The van der Waals surface area contributed by atoms with Gasteiger partial charge in [-0.15, -0.1) is 12.4 Å². The van der Waals surface area contributed by atoms with E-state index in [9.17, 15) is 13.2 Å². The molecule has 0 radical (unpaired) electrons. The fourth-order valence-electron chi connectivity index (χ4n) is 4.11. The lowest BCUT2D eigenvalue weighted by Gasteiger charge is -2.24. The number of aromatic nitrogens is 2. The molecular weight excluding hydrogens is 578 g/mol. The average Bonchev–Trinajstić information content (AvgIpc) is 3.26. The summed E-state index contributed by atoms with van der Waals surface area (Å²) in [6.07, 6.45) is 0.991. The highest BCUT2D eigenvalue weighted by Gasteiger charge is 2.33. The van der Waals surface area contributed by atoms with Gasteiger partial charge in [0.25, 0.3) is 5.91 Å². The van der Waals surface area contributed by atoms with E-state index < -0.39 is 27.1 Å². The molecule has 0 bridgehead atoms. The van der Waals surface area contributed by atoms with E-state index >= 15 is 4.39 Å². The van der Waals surface area contributed by atoms with Crippen molar-refractivity contribution in [1.29, 1.82) is 0 Å². The number of halogens is 3. The zero-order chi connectivity index (χ0) is 28.4. The SMILES string of the molecule is CC(C)(C)NC(=O)c1nn(-c2ccc(C#CCN3CCOCC3)cc2F)c(-c2ccc(Cl)cc2)c1S(C)(=O)=O.Cl. The first-order valence-corrected chi connectivity index (χ1v) is 14.6. The summed E-state index contributed by atoms with van der Waals surface area (Å²) in [6.45, 7) is 8.75. The van der Waals surface area contributed by atoms with Crippen LogP contribution < -0.4 is 5.32 Å². The lowest BCUT2D eigenvalue weighted by atomic mass is 10.1. The van der Waals surface area contributed by atoms with Gasteiger partial charge in [-0.2, -0.15) is 5.10 Å². The van der Waals surface area contributed by atoms with Crippen LogP contribution in [-0.4, -0.2) is 73.6 Å². The Morgan fingerprint density at radius 2 is 1.80 bits per heavy atom. The van der Waals surface area contributed by atoms with Gasteiger partial charge in [0, 0.05) is 41.0 Å². The molecule has 1 aliphatic heterocycles. The second-order valence-corrected chi connectivity index (χ2v) is 12.7. The van der Waals surface area contributed by atoms with E-state index in [4.69, 9.17) is 16.3 Å². The van der Waals surface area contributed by atoms with Crippen LogP contribution in [0.2, 0.25) is 5.02 Å². The van der Waals surface area contributed by atoms with Crippen LogP contribution in [0.5, 0.6) is 0 Å². The van der Waals surface area contributed by atoms with Gasteiger partial charge in [0.2, 0.25) is 0 Å². The van der Waals surface area contributed by atoms with Crippen LogP contribution in [-0.2, 0) is 14.6 Å². The van der Waals surface area contributed by atoms with E-state index in [0.717, 1.165) is 24.0 Å². The molecule has 1 N–H and O–H groups in total. The average molecular weight is 610 g/mol. The number of rotatable bonds is 5. The topological polar surface area (TPSA) is 93.5 Å². The maximum atomic E-state index is 15.6. The van der Waals surface area contributed by atoms with Crippen LogP contribution in [0.25, 0.3) is 16.9 Å². The second kappa shape index (κ2) is 12.7. The van der Waals surface area contributed by atoms with Gasteiger partial charge < -0.3 is 10.1 Å². The summed E-state index contributed by atoms with van der Waals surface area (Å²) >= 11 is 6.06. The van der Waals surface area contributed by atoms with E-state index in [2.05, 4.69) is 27.2 Å². The molecule has 0 spiro atoms. The zero-order valence-electron chi connectivity index (χ0n) is 22.6. The molecular formula is C28H31Cl2FN4O4S.